The molecule has 1 amide bonds. The molecule has 1 atom stereocenters. The first-order valence-corrected chi connectivity index (χ1v) is 8.50. The summed E-state index contributed by atoms with van der Waals surface area (Å²) in [5.74, 6) is 1.04. The molecule has 25 heavy (non-hydrogen) atoms. The number of benzene rings is 1. The van der Waals surface area contributed by atoms with Crippen LogP contribution in [0.1, 0.15) is 37.2 Å². The quantitative estimate of drug-likeness (QED) is 0.721. The molecule has 0 saturated heterocycles. The number of nitrogens with one attached hydrogen (secondary N) is 1. The van der Waals surface area contributed by atoms with Crippen LogP contribution < -0.4 is 5.32 Å². The molecule has 130 valence electrons. The lowest BCUT2D eigenvalue weighted by atomic mass is 10.1. The molecule has 0 aliphatic rings. The first-order valence-electron chi connectivity index (χ1n) is 8.50. The minimum absolute atomic E-state index is 0.0435. The highest BCUT2D eigenvalue weighted by Crippen LogP contribution is 2.16. The van der Waals surface area contributed by atoms with Crippen LogP contribution in [0.15, 0.2) is 55.1 Å². The van der Waals surface area contributed by atoms with Crippen LogP contribution in [0.25, 0.3) is 5.69 Å². The van der Waals surface area contributed by atoms with Gasteiger partial charge in [-0.05, 0) is 44.0 Å². The van der Waals surface area contributed by atoms with E-state index >= 15 is 0 Å². The number of amides is 1. The number of carbonyl (C=O) groups excluding carboxylic acids is 1. The van der Waals surface area contributed by atoms with E-state index in [1.165, 1.54) is 0 Å². The van der Waals surface area contributed by atoms with Gasteiger partial charge in [0, 0.05) is 37.8 Å². The third-order valence-electron chi connectivity index (χ3n) is 4.24. The Labute approximate surface area is 147 Å². The van der Waals surface area contributed by atoms with Crippen LogP contribution in [0.2, 0.25) is 0 Å². The van der Waals surface area contributed by atoms with E-state index in [4.69, 9.17) is 0 Å². The zero-order valence-electron chi connectivity index (χ0n) is 14.6. The number of aromatic nitrogens is 4. The van der Waals surface area contributed by atoms with Gasteiger partial charge >= 0.3 is 0 Å². The lowest BCUT2D eigenvalue weighted by Crippen LogP contribution is -2.26. The van der Waals surface area contributed by atoms with Crippen molar-refractivity contribution in [3.05, 3.63) is 66.5 Å². The zero-order valence-corrected chi connectivity index (χ0v) is 14.6. The molecule has 6 heteroatoms. The molecule has 3 aromatic rings. The summed E-state index contributed by atoms with van der Waals surface area (Å²) in [7, 11) is 0. The summed E-state index contributed by atoms with van der Waals surface area (Å²) in [6.45, 7) is 4.78. The summed E-state index contributed by atoms with van der Waals surface area (Å²) in [4.78, 5) is 16.4. The smallest absolute Gasteiger partial charge is 0.220 e. The molecule has 3 rings (SSSR count). The van der Waals surface area contributed by atoms with Gasteiger partial charge in [-0.15, -0.1) is 0 Å². The zero-order chi connectivity index (χ0) is 17.6. The maximum Gasteiger partial charge on any atom is 0.220 e. The molecule has 0 bridgehead atoms. The summed E-state index contributed by atoms with van der Waals surface area (Å²) in [6.07, 6.45) is 8.67. The SMILES string of the molecule is Cc1nccn1CCCC(=O)N[C@@H](C)c1cccc(-n2cccn2)c1. The fourth-order valence-electron chi connectivity index (χ4n) is 2.81. The Bertz CT molecular complexity index is 822. The Hall–Kier alpha value is -2.89. The molecule has 0 aliphatic carbocycles. The molecule has 0 unspecified atom stereocenters. The van der Waals surface area contributed by atoms with Gasteiger partial charge in [-0.3, -0.25) is 4.79 Å². The van der Waals surface area contributed by atoms with E-state index in [9.17, 15) is 4.79 Å². The van der Waals surface area contributed by atoms with Gasteiger partial charge in [-0.25, -0.2) is 9.67 Å². The second-order valence-corrected chi connectivity index (χ2v) is 6.11. The van der Waals surface area contributed by atoms with Crippen molar-refractivity contribution in [3.8, 4) is 5.69 Å². The second kappa shape index (κ2) is 7.79. The summed E-state index contributed by atoms with van der Waals surface area (Å²) in [6, 6.07) is 9.90. The monoisotopic (exact) mass is 337 g/mol. The lowest BCUT2D eigenvalue weighted by molar-refractivity contribution is -0.121. The van der Waals surface area contributed by atoms with E-state index in [0.717, 1.165) is 30.0 Å². The van der Waals surface area contributed by atoms with Gasteiger partial charge in [0.1, 0.15) is 5.82 Å². The molecule has 0 saturated carbocycles. The number of rotatable bonds is 7. The number of aryl methyl sites for hydroxylation is 2. The van der Waals surface area contributed by atoms with Crippen molar-refractivity contribution in [1.29, 1.82) is 0 Å². The van der Waals surface area contributed by atoms with Gasteiger partial charge in [-0.1, -0.05) is 12.1 Å². The predicted molar refractivity (Wildman–Crippen MR) is 96.3 cm³/mol. The maximum atomic E-state index is 12.2. The van der Waals surface area contributed by atoms with E-state index in [2.05, 4.69) is 20.0 Å². The van der Waals surface area contributed by atoms with Gasteiger partial charge in [0.25, 0.3) is 0 Å². The first-order chi connectivity index (χ1) is 12.1. The normalized spacial score (nSPS) is 12.1. The highest BCUT2D eigenvalue weighted by atomic mass is 16.1. The highest BCUT2D eigenvalue weighted by molar-refractivity contribution is 5.76. The van der Waals surface area contributed by atoms with Crippen LogP contribution in [0.5, 0.6) is 0 Å². The molecule has 1 aromatic carbocycles. The van der Waals surface area contributed by atoms with Crippen LogP contribution in [0.3, 0.4) is 0 Å². The molecule has 2 aromatic heterocycles. The van der Waals surface area contributed by atoms with Crippen molar-refractivity contribution in [2.24, 2.45) is 0 Å². The lowest BCUT2D eigenvalue weighted by Gasteiger charge is -2.15. The number of nitrogens with zero attached hydrogens (tertiary/aromatic N) is 4. The average Bonchev–Trinajstić information content (AvgIpc) is 3.27. The Morgan fingerprint density at radius 2 is 2.12 bits per heavy atom. The second-order valence-electron chi connectivity index (χ2n) is 6.11. The minimum atomic E-state index is -0.0435. The molecule has 6 nitrogen and oxygen atoms in total. The third-order valence-corrected chi connectivity index (χ3v) is 4.24. The summed E-state index contributed by atoms with van der Waals surface area (Å²) < 4.78 is 3.87. The molecule has 0 spiro atoms. The van der Waals surface area contributed by atoms with Gasteiger partial charge < -0.3 is 9.88 Å². The maximum absolute atomic E-state index is 12.2. The van der Waals surface area contributed by atoms with E-state index < -0.39 is 0 Å². The van der Waals surface area contributed by atoms with Crippen LogP contribution in [0, 0.1) is 6.92 Å². The highest BCUT2D eigenvalue weighted by Gasteiger charge is 2.10. The van der Waals surface area contributed by atoms with Crippen molar-refractivity contribution in [2.75, 3.05) is 0 Å². The molecule has 1 N–H and O–H groups in total. The van der Waals surface area contributed by atoms with Gasteiger partial charge in [0.15, 0.2) is 0 Å². The largest absolute Gasteiger partial charge is 0.350 e. The van der Waals surface area contributed by atoms with E-state index in [1.807, 2.05) is 61.3 Å². The van der Waals surface area contributed by atoms with Crippen LogP contribution in [0.4, 0.5) is 0 Å². The molecule has 0 aliphatic heterocycles. The third kappa shape index (κ3) is 4.35. The number of hydrogen-bond acceptors (Lipinski definition) is 3. The van der Waals surface area contributed by atoms with Crippen LogP contribution >= 0.6 is 0 Å². The molecule has 0 fully saturated rings. The molecular formula is C19H23N5O. The van der Waals surface area contributed by atoms with E-state index in [0.29, 0.717) is 6.42 Å². The van der Waals surface area contributed by atoms with E-state index in [1.54, 1.807) is 12.4 Å². The van der Waals surface area contributed by atoms with E-state index in [-0.39, 0.29) is 11.9 Å². The standard InChI is InChI=1S/C19H23N5O/c1-15(17-6-3-7-18(14-17)24-12-5-9-21-24)22-19(25)8-4-11-23-13-10-20-16(23)2/h3,5-7,9-10,12-15H,4,8,11H2,1-2H3,(H,22,25)/t15-/m0/s1. The van der Waals surface area contributed by atoms with Crippen molar-refractivity contribution < 1.29 is 4.79 Å². The van der Waals surface area contributed by atoms with Crippen molar-refractivity contribution in [1.82, 2.24) is 24.6 Å². The first kappa shape index (κ1) is 17.0. The van der Waals surface area contributed by atoms with Gasteiger partial charge in [-0.2, -0.15) is 5.10 Å². The summed E-state index contributed by atoms with van der Waals surface area (Å²) in [5, 5.41) is 7.31. The predicted octanol–water partition coefficient (Wildman–Crippen LogP) is 3.03. The van der Waals surface area contributed by atoms with Gasteiger partial charge in [0.05, 0.1) is 11.7 Å². The van der Waals surface area contributed by atoms with Crippen LogP contribution in [-0.2, 0) is 11.3 Å². The Kier molecular flexibility index (Phi) is 5.28. The Morgan fingerprint density at radius 3 is 2.84 bits per heavy atom. The number of hydrogen-bond donors (Lipinski definition) is 1. The fourth-order valence-corrected chi connectivity index (χ4v) is 2.81. The Morgan fingerprint density at radius 1 is 1.24 bits per heavy atom. The van der Waals surface area contributed by atoms with Crippen molar-refractivity contribution >= 4 is 5.91 Å². The average molecular weight is 337 g/mol. The molecule has 0 radical (unpaired) electrons. The topological polar surface area (TPSA) is 64.7 Å². The summed E-state index contributed by atoms with van der Waals surface area (Å²) in [5.41, 5.74) is 2.05. The molecular weight excluding hydrogens is 314 g/mol. The number of carbonyl (C=O) groups is 1. The number of imidazole rings is 1. The summed E-state index contributed by atoms with van der Waals surface area (Å²) >= 11 is 0. The van der Waals surface area contributed by atoms with Crippen molar-refractivity contribution in [3.63, 3.8) is 0 Å². The molecule has 2 heterocycles. The minimum Gasteiger partial charge on any atom is -0.350 e. The fraction of sp³-hybridized carbons (Fsp3) is 0.316. The van der Waals surface area contributed by atoms with Crippen LogP contribution in [-0.4, -0.2) is 25.2 Å². The van der Waals surface area contributed by atoms with Gasteiger partial charge in [0.2, 0.25) is 5.91 Å². The Balaban J connectivity index is 1.53. The van der Waals surface area contributed by atoms with Crippen molar-refractivity contribution in [2.45, 2.75) is 39.3 Å².